The van der Waals surface area contributed by atoms with Crippen molar-refractivity contribution in [3.05, 3.63) is 60.2 Å². The Kier molecular flexibility index (Phi) is 8.07. The van der Waals surface area contributed by atoms with Gasteiger partial charge in [-0.1, -0.05) is 5.16 Å². The standard InChI is InChI=1S/C26H30N4O5/c1-18-6-3-7-19(2)30(18)24(31)17-34-22-12-10-20(11-13-22)26(32)33-15-5-9-23-28-25(29-35-23)21-8-4-14-27-16-21/h4,8,10-14,16,18-19H,3,5-7,9,15,17H2,1-2H3. The predicted octanol–water partition coefficient (Wildman–Crippen LogP) is 4.09. The smallest absolute Gasteiger partial charge is 0.338 e. The van der Waals surface area contributed by atoms with Gasteiger partial charge in [0.1, 0.15) is 5.75 Å². The van der Waals surface area contributed by atoms with Gasteiger partial charge in [-0.2, -0.15) is 4.98 Å². The van der Waals surface area contributed by atoms with Gasteiger partial charge >= 0.3 is 5.97 Å². The molecule has 1 saturated heterocycles. The molecule has 2 atom stereocenters. The van der Waals surface area contributed by atoms with Crippen molar-refractivity contribution in [2.75, 3.05) is 13.2 Å². The summed E-state index contributed by atoms with van der Waals surface area (Å²) in [6.45, 7) is 4.37. The van der Waals surface area contributed by atoms with Gasteiger partial charge in [0, 0.05) is 36.5 Å². The van der Waals surface area contributed by atoms with Gasteiger partial charge < -0.3 is 18.9 Å². The van der Waals surface area contributed by atoms with Gasteiger partial charge in [-0.15, -0.1) is 0 Å². The Bertz CT molecular complexity index is 1110. The van der Waals surface area contributed by atoms with E-state index in [2.05, 4.69) is 29.0 Å². The summed E-state index contributed by atoms with van der Waals surface area (Å²) < 4.78 is 16.2. The summed E-state index contributed by atoms with van der Waals surface area (Å²) in [6, 6.07) is 10.7. The number of benzene rings is 1. The third kappa shape index (κ3) is 6.44. The van der Waals surface area contributed by atoms with Gasteiger partial charge in [0.15, 0.2) is 6.61 Å². The highest BCUT2D eigenvalue weighted by atomic mass is 16.5. The Morgan fingerprint density at radius 2 is 1.89 bits per heavy atom. The maximum absolute atomic E-state index is 12.6. The normalized spacial score (nSPS) is 17.7. The van der Waals surface area contributed by atoms with Crippen molar-refractivity contribution in [3.8, 4) is 17.1 Å². The second-order valence-electron chi connectivity index (χ2n) is 8.74. The molecule has 0 saturated carbocycles. The van der Waals surface area contributed by atoms with E-state index in [1.165, 1.54) is 0 Å². The minimum atomic E-state index is -0.426. The number of carbonyl (C=O) groups excluding carboxylic acids is 2. The average Bonchev–Trinajstić information content (AvgIpc) is 3.35. The number of carbonyl (C=O) groups is 2. The summed E-state index contributed by atoms with van der Waals surface area (Å²) in [4.78, 5) is 35.2. The van der Waals surface area contributed by atoms with E-state index in [9.17, 15) is 9.59 Å². The highest BCUT2D eigenvalue weighted by Crippen LogP contribution is 2.23. The number of nitrogens with zero attached hydrogens (tertiary/aromatic N) is 4. The first-order valence-corrected chi connectivity index (χ1v) is 12.0. The minimum Gasteiger partial charge on any atom is -0.484 e. The summed E-state index contributed by atoms with van der Waals surface area (Å²) in [5, 5.41) is 3.95. The van der Waals surface area contributed by atoms with Crippen LogP contribution < -0.4 is 4.74 Å². The number of ether oxygens (including phenoxy) is 2. The van der Waals surface area contributed by atoms with E-state index in [-0.39, 0.29) is 31.2 Å². The molecule has 0 bridgehead atoms. The van der Waals surface area contributed by atoms with Crippen LogP contribution in [0.1, 0.15) is 55.8 Å². The summed E-state index contributed by atoms with van der Waals surface area (Å²) >= 11 is 0. The number of rotatable bonds is 9. The highest BCUT2D eigenvalue weighted by Gasteiger charge is 2.29. The molecule has 1 amide bonds. The van der Waals surface area contributed by atoms with Crippen LogP contribution in [0, 0.1) is 0 Å². The van der Waals surface area contributed by atoms with Crippen LogP contribution in [0.2, 0.25) is 0 Å². The minimum absolute atomic E-state index is 0.0120. The number of hydrogen-bond donors (Lipinski definition) is 0. The van der Waals surface area contributed by atoms with Crippen LogP contribution in [0.15, 0.2) is 53.3 Å². The monoisotopic (exact) mass is 478 g/mol. The molecule has 3 aromatic rings. The average molecular weight is 479 g/mol. The molecule has 9 nitrogen and oxygen atoms in total. The molecule has 1 aliphatic heterocycles. The number of amides is 1. The van der Waals surface area contributed by atoms with E-state index in [4.69, 9.17) is 14.0 Å². The molecule has 2 unspecified atom stereocenters. The Balaban J connectivity index is 1.18. The summed E-state index contributed by atoms with van der Waals surface area (Å²) in [7, 11) is 0. The molecule has 1 aliphatic rings. The maximum Gasteiger partial charge on any atom is 0.338 e. The number of likely N-dealkylation sites (tertiary alicyclic amines) is 1. The van der Waals surface area contributed by atoms with Gasteiger partial charge in [0.2, 0.25) is 11.7 Å². The van der Waals surface area contributed by atoms with Crippen LogP contribution >= 0.6 is 0 Å². The first kappa shape index (κ1) is 24.4. The lowest BCUT2D eigenvalue weighted by Gasteiger charge is -2.38. The number of piperidine rings is 1. The van der Waals surface area contributed by atoms with E-state index < -0.39 is 5.97 Å². The van der Waals surface area contributed by atoms with E-state index >= 15 is 0 Å². The first-order valence-electron chi connectivity index (χ1n) is 12.0. The van der Waals surface area contributed by atoms with Gasteiger partial charge in [0.25, 0.3) is 5.91 Å². The molecule has 9 heteroatoms. The molecule has 0 spiro atoms. The third-order valence-corrected chi connectivity index (χ3v) is 6.09. The van der Waals surface area contributed by atoms with E-state index in [1.54, 1.807) is 42.7 Å². The Morgan fingerprint density at radius 3 is 2.60 bits per heavy atom. The Labute approximate surface area is 204 Å². The van der Waals surface area contributed by atoms with Gasteiger partial charge in [0.05, 0.1) is 12.2 Å². The van der Waals surface area contributed by atoms with E-state index in [0.717, 1.165) is 24.8 Å². The lowest BCUT2D eigenvalue weighted by atomic mass is 9.97. The molecule has 0 N–H and O–H groups in total. The topological polar surface area (TPSA) is 108 Å². The summed E-state index contributed by atoms with van der Waals surface area (Å²) in [5.41, 5.74) is 1.19. The number of aromatic nitrogens is 3. The summed E-state index contributed by atoms with van der Waals surface area (Å²) in [6.07, 6.45) is 7.58. The van der Waals surface area contributed by atoms with Gasteiger partial charge in [-0.25, -0.2) is 4.79 Å². The fraction of sp³-hybridized carbons (Fsp3) is 0.423. The van der Waals surface area contributed by atoms with Crippen molar-refractivity contribution in [1.82, 2.24) is 20.0 Å². The summed E-state index contributed by atoms with van der Waals surface area (Å²) in [5.74, 6) is 1.05. The first-order chi connectivity index (χ1) is 17.0. The molecule has 2 aromatic heterocycles. The van der Waals surface area contributed by atoms with Crippen LogP contribution in [0.25, 0.3) is 11.4 Å². The zero-order valence-corrected chi connectivity index (χ0v) is 20.1. The largest absolute Gasteiger partial charge is 0.484 e. The van der Waals surface area contributed by atoms with E-state index in [0.29, 0.717) is 35.9 Å². The Hall–Kier alpha value is -3.75. The zero-order valence-electron chi connectivity index (χ0n) is 20.1. The molecule has 1 fully saturated rings. The van der Waals surface area contributed by atoms with Crippen LogP contribution in [0.3, 0.4) is 0 Å². The van der Waals surface area contributed by atoms with E-state index in [1.807, 2.05) is 11.0 Å². The highest BCUT2D eigenvalue weighted by molar-refractivity contribution is 5.89. The quantitative estimate of drug-likeness (QED) is 0.334. The lowest BCUT2D eigenvalue weighted by molar-refractivity contribution is -0.139. The van der Waals surface area contributed by atoms with Crippen molar-refractivity contribution in [1.29, 1.82) is 0 Å². The van der Waals surface area contributed by atoms with Crippen molar-refractivity contribution < 1.29 is 23.6 Å². The Morgan fingerprint density at radius 1 is 1.11 bits per heavy atom. The molecule has 0 radical (unpaired) electrons. The fourth-order valence-corrected chi connectivity index (χ4v) is 4.26. The SMILES string of the molecule is CC1CCCC(C)N1C(=O)COc1ccc(C(=O)OCCCc2nc(-c3cccnc3)no2)cc1. The molecule has 35 heavy (non-hydrogen) atoms. The second kappa shape index (κ2) is 11.6. The maximum atomic E-state index is 12.6. The lowest BCUT2D eigenvalue weighted by Crippen LogP contribution is -2.49. The number of aryl methyl sites for hydroxylation is 1. The van der Waals surface area contributed by atoms with Crippen molar-refractivity contribution >= 4 is 11.9 Å². The molecule has 4 rings (SSSR count). The fourth-order valence-electron chi connectivity index (χ4n) is 4.26. The molecular formula is C26H30N4O5. The number of pyridine rings is 1. The number of esters is 1. The van der Waals surface area contributed by atoms with Crippen molar-refractivity contribution in [2.24, 2.45) is 0 Å². The molecule has 0 aliphatic carbocycles. The predicted molar refractivity (Wildman–Crippen MR) is 128 cm³/mol. The van der Waals surface area contributed by atoms with Gasteiger partial charge in [-0.3, -0.25) is 9.78 Å². The van der Waals surface area contributed by atoms with Crippen molar-refractivity contribution in [2.45, 2.75) is 58.0 Å². The second-order valence-corrected chi connectivity index (χ2v) is 8.74. The van der Waals surface area contributed by atoms with Crippen LogP contribution in [-0.2, 0) is 16.0 Å². The number of hydrogen-bond acceptors (Lipinski definition) is 8. The molecule has 3 heterocycles. The third-order valence-electron chi connectivity index (χ3n) is 6.09. The van der Waals surface area contributed by atoms with Crippen molar-refractivity contribution in [3.63, 3.8) is 0 Å². The van der Waals surface area contributed by atoms with Crippen LogP contribution in [-0.4, -0.2) is 57.2 Å². The molecule has 184 valence electrons. The van der Waals surface area contributed by atoms with Gasteiger partial charge in [-0.05, 0) is 75.9 Å². The molecular weight excluding hydrogens is 448 g/mol. The zero-order chi connectivity index (χ0) is 24.6. The van der Waals surface area contributed by atoms with Crippen LogP contribution in [0.4, 0.5) is 0 Å². The molecule has 1 aromatic carbocycles. The van der Waals surface area contributed by atoms with Crippen LogP contribution in [0.5, 0.6) is 5.75 Å².